The fourth-order valence-electron chi connectivity index (χ4n) is 2.00. The van der Waals surface area contributed by atoms with E-state index in [1.165, 1.54) is 30.3 Å². The van der Waals surface area contributed by atoms with Crippen LogP contribution in [0.1, 0.15) is 12.5 Å². The molecule has 6 nitrogen and oxygen atoms in total. The molecule has 1 N–H and O–H groups in total. The first-order valence-corrected chi connectivity index (χ1v) is 8.04. The number of sulfonamides is 1. The van der Waals surface area contributed by atoms with Crippen LogP contribution >= 0.6 is 0 Å². The van der Waals surface area contributed by atoms with E-state index in [1.807, 2.05) is 0 Å². The maximum atomic E-state index is 13.9. The third kappa shape index (κ3) is 3.34. The maximum absolute atomic E-state index is 13.9. The lowest BCUT2D eigenvalue weighted by atomic mass is 9.95. The second-order valence-electron chi connectivity index (χ2n) is 5.12. The van der Waals surface area contributed by atoms with Crippen LogP contribution in [0.25, 0.3) is 0 Å². The Morgan fingerprint density at radius 3 is 2.64 bits per heavy atom. The molecular weight excluding hydrogens is 309 g/mol. The third-order valence-electron chi connectivity index (χ3n) is 3.45. The van der Waals surface area contributed by atoms with Crippen molar-refractivity contribution in [1.82, 2.24) is 14.3 Å². The molecule has 22 heavy (non-hydrogen) atoms. The first-order chi connectivity index (χ1) is 10.3. The van der Waals surface area contributed by atoms with E-state index in [0.717, 1.165) is 0 Å². The Morgan fingerprint density at radius 1 is 1.41 bits per heavy atom. The van der Waals surface area contributed by atoms with Crippen LogP contribution < -0.4 is 4.72 Å². The van der Waals surface area contributed by atoms with Gasteiger partial charge in [-0.1, -0.05) is 18.2 Å². The third-order valence-corrected chi connectivity index (χ3v) is 4.74. The molecule has 1 aromatic heterocycles. The molecule has 0 aliphatic rings. The highest BCUT2D eigenvalue weighted by Crippen LogP contribution is 2.26. The lowest BCUT2D eigenvalue weighted by Gasteiger charge is -2.29. The molecule has 8 heteroatoms. The molecule has 0 amide bonds. The Morgan fingerprint density at radius 2 is 2.09 bits per heavy atom. The normalized spacial score (nSPS) is 14.7. The Kier molecular flexibility index (Phi) is 4.64. The number of imidazole rings is 1. The molecule has 2 rings (SSSR count). The van der Waals surface area contributed by atoms with Gasteiger partial charge in [0.2, 0.25) is 0 Å². The topological polar surface area (TPSA) is 73.2 Å². The number of methoxy groups -OCH3 is 1. The van der Waals surface area contributed by atoms with Crippen molar-refractivity contribution in [3.8, 4) is 0 Å². The molecule has 120 valence electrons. The van der Waals surface area contributed by atoms with Gasteiger partial charge < -0.3 is 9.30 Å². The number of nitrogens with zero attached hydrogens (tertiary/aromatic N) is 2. The molecule has 1 atom stereocenters. The van der Waals surface area contributed by atoms with Gasteiger partial charge in [0.25, 0.3) is 10.0 Å². The monoisotopic (exact) mass is 327 g/mol. The Hall–Kier alpha value is -1.77. The molecule has 1 aromatic carbocycles. The number of hydrogen-bond donors (Lipinski definition) is 1. The van der Waals surface area contributed by atoms with Crippen LogP contribution in [0.3, 0.4) is 0 Å². The highest BCUT2D eigenvalue weighted by atomic mass is 32.2. The maximum Gasteiger partial charge on any atom is 0.259 e. The molecule has 0 spiro atoms. The van der Waals surface area contributed by atoms with E-state index in [4.69, 9.17) is 4.74 Å². The molecule has 0 aliphatic heterocycles. The van der Waals surface area contributed by atoms with Crippen molar-refractivity contribution in [2.24, 2.45) is 7.05 Å². The number of rotatable bonds is 6. The van der Waals surface area contributed by atoms with Gasteiger partial charge in [-0.15, -0.1) is 0 Å². The van der Waals surface area contributed by atoms with Crippen molar-refractivity contribution < 1.29 is 17.5 Å². The lowest BCUT2D eigenvalue weighted by Crippen LogP contribution is -2.40. The van der Waals surface area contributed by atoms with Crippen molar-refractivity contribution in [1.29, 1.82) is 0 Å². The Bertz CT molecular complexity index is 760. The van der Waals surface area contributed by atoms with Crippen molar-refractivity contribution in [3.05, 3.63) is 48.2 Å². The van der Waals surface area contributed by atoms with Crippen molar-refractivity contribution in [2.75, 3.05) is 13.7 Å². The van der Waals surface area contributed by atoms with Crippen LogP contribution in [0.5, 0.6) is 0 Å². The van der Waals surface area contributed by atoms with Crippen molar-refractivity contribution in [3.63, 3.8) is 0 Å². The van der Waals surface area contributed by atoms with E-state index >= 15 is 0 Å². The minimum absolute atomic E-state index is 0.0954. The van der Waals surface area contributed by atoms with Gasteiger partial charge in [0.1, 0.15) is 11.4 Å². The molecule has 0 fully saturated rings. The number of ether oxygens (including phenoxy) is 1. The molecule has 1 unspecified atom stereocenters. The predicted molar refractivity (Wildman–Crippen MR) is 79.2 cm³/mol. The van der Waals surface area contributed by atoms with E-state index < -0.39 is 21.4 Å². The van der Waals surface area contributed by atoms with E-state index in [2.05, 4.69) is 9.71 Å². The van der Waals surface area contributed by atoms with Gasteiger partial charge in [-0.2, -0.15) is 0 Å². The molecule has 0 radical (unpaired) electrons. The Labute approximate surface area is 129 Å². The average molecular weight is 327 g/mol. The summed E-state index contributed by atoms with van der Waals surface area (Å²) in [7, 11) is -0.712. The van der Waals surface area contributed by atoms with E-state index in [0.29, 0.717) is 0 Å². The van der Waals surface area contributed by atoms with Crippen LogP contribution in [0.15, 0.2) is 41.8 Å². The predicted octanol–water partition coefficient (Wildman–Crippen LogP) is 1.40. The average Bonchev–Trinajstić information content (AvgIpc) is 2.93. The zero-order chi connectivity index (χ0) is 16.4. The second kappa shape index (κ2) is 6.15. The van der Waals surface area contributed by atoms with Gasteiger partial charge in [-0.05, 0) is 13.0 Å². The first-order valence-electron chi connectivity index (χ1n) is 6.56. The summed E-state index contributed by atoms with van der Waals surface area (Å²) in [5.74, 6) is -0.455. The summed E-state index contributed by atoms with van der Waals surface area (Å²) < 4.78 is 47.6. The molecule has 0 saturated heterocycles. The molecule has 1 heterocycles. The zero-order valence-corrected chi connectivity index (χ0v) is 13.4. The highest BCUT2D eigenvalue weighted by Gasteiger charge is 2.31. The molecule has 2 aromatic rings. The highest BCUT2D eigenvalue weighted by molar-refractivity contribution is 7.89. The van der Waals surface area contributed by atoms with Gasteiger partial charge in [0.15, 0.2) is 5.03 Å². The number of hydrogen-bond acceptors (Lipinski definition) is 4. The fourth-order valence-corrected chi connectivity index (χ4v) is 3.11. The van der Waals surface area contributed by atoms with Crippen LogP contribution in [-0.4, -0.2) is 31.6 Å². The summed E-state index contributed by atoms with van der Waals surface area (Å²) in [6.45, 7) is 1.50. The number of benzene rings is 1. The smallest absolute Gasteiger partial charge is 0.259 e. The standard InChI is InChI=1S/C14H18FN3O3S/c1-14(21-3,11-6-4-5-7-12(11)15)9-17-22(19,20)13-8-18(2)10-16-13/h4-8,10,17H,9H2,1-3H3. The number of nitrogens with one attached hydrogen (secondary N) is 1. The number of halogens is 1. The lowest BCUT2D eigenvalue weighted by molar-refractivity contribution is 0.00409. The van der Waals surface area contributed by atoms with Crippen molar-refractivity contribution in [2.45, 2.75) is 17.6 Å². The molecular formula is C14H18FN3O3S. The van der Waals surface area contributed by atoms with Gasteiger partial charge in [-0.25, -0.2) is 22.5 Å². The van der Waals surface area contributed by atoms with Gasteiger partial charge in [0.05, 0.1) is 6.33 Å². The summed E-state index contributed by atoms with van der Waals surface area (Å²) >= 11 is 0. The quantitative estimate of drug-likeness (QED) is 0.870. The van der Waals surface area contributed by atoms with Crippen LogP contribution in [0.4, 0.5) is 4.39 Å². The first kappa shape index (κ1) is 16.6. The summed E-state index contributed by atoms with van der Waals surface area (Å²) in [4.78, 5) is 3.80. The largest absolute Gasteiger partial charge is 0.372 e. The van der Waals surface area contributed by atoms with Crippen LogP contribution in [0, 0.1) is 5.82 Å². The SMILES string of the molecule is COC(C)(CNS(=O)(=O)c1cn(C)cn1)c1ccccc1F. The number of aromatic nitrogens is 2. The molecule has 0 aliphatic carbocycles. The van der Waals surface area contributed by atoms with Crippen LogP contribution in [0.2, 0.25) is 0 Å². The van der Waals surface area contributed by atoms with Crippen molar-refractivity contribution >= 4 is 10.0 Å². The zero-order valence-electron chi connectivity index (χ0n) is 12.6. The van der Waals surface area contributed by atoms with Crippen LogP contribution in [-0.2, 0) is 27.4 Å². The van der Waals surface area contributed by atoms with E-state index in [9.17, 15) is 12.8 Å². The fraction of sp³-hybridized carbons (Fsp3) is 0.357. The van der Waals surface area contributed by atoms with E-state index in [-0.39, 0.29) is 17.1 Å². The summed E-state index contributed by atoms with van der Waals surface area (Å²) in [5.41, 5.74) is -0.853. The summed E-state index contributed by atoms with van der Waals surface area (Å²) in [5, 5.41) is -0.0954. The molecule has 0 bridgehead atoms. The Balaban J connectivity index is 2.23. The van der Waals surface area contributed by atoms with Gasteiger partial charge in [0, 0.05) is 32.5 Å². The molecule has 0 saturated carbocycles. The van der Waals surface area contributed by atoms with E-state index in [1.54, 1.807) is 32.2 Å². The second-order valence-corrected chi connectivity index (χ2v) is 6.83. The van der Waals surface area contributed by atoms with Gasteiger partial charge in [-0.3, -0.25) is 0 Å². The minimum Gasteiger partial charge on any atom is -0.372 e. The summed E-state index contributed by atoms with van der Waals surface area (Å²) in [6.07, 6.45) is 2.77. The summed E-state index contributed by atoms with van der Waals surface area (Å²) in [6, 6.07) is 6.10. The minimum atomic E-state index is -3.79. The van der Waals surface area contributed by atoms with Gasteiger partial charge >= 0.3 is 0 Å². The number of aryl methyl sites for hydroxylation is 1.